The molecule has 0 spiro atoms. The van der Waals surface area contributed by atoms with Crippen molar-refractivity contribution in [3.8, 4) is 0 Å². The molecule has 3 rings (SSSR count). The van der Waals surface area contributed by atoms with E-state index in [1.165, 1.54) is 11.8 Å². The third kappa shape index (κ3) is 3.96. The average molecular weight is 351 g/mol. The maximum atomic E-state index is 12.0. The van der Waals surface area contributed by atoms with Crippen LogP contribution in [-0.4, -0.2) is 50.5 Å². The molecule has 2 aromatic heterocycles. The zero-order chi connectivity index (χ0) is 16.9. The first-order chi connectivity index (χ1) is 11.7. The van der Waals surface area contributed by atoms with Crippen LogP contribution in [0.1, 0.15) is 31.9 Å². The molecule has 0 aromatic carbocycles. The number of hydrogen-bond donors (Lipinski definition) is 2. The fraction of sp³-hybridized carbons (Fsp3) is 0.600. The number of H-pyrrole nitrogens is 1. The van der Waals surface area contributed by atoms with Crippen molar-refractivity contribution in [3.05, 3.63) is 22.1 Å². The van der Waals surface area contributed by atoms with Crippen molar-refractivity contribution >= 4 is 23.4 Å². The molecule has 8 nitrogen and oxygen atoms in total. The molecule has 0 aliphatic carbocycles. The lowest BCUT2D eigenvalue weighted by molar-refractivity contribution is -0.119. The van der Waals surface area contributed by atoms with Gasteiger partial charge in [-0.05, 0) is 19.3 Å². The van der Waals surface area contributed by atoms with Gasteiger partial charge in [0.25, 0.3) is 5.56 Å². The Hall–Kier alpha value is -1.87. The van der Waals surface area contributed by atoms with E-state index in [4.69, 9.17) is 4.74 Å². The van der Waals surface area contributed by atoms with E-state index >= 15 is 0 Å². The number of carbonyl (C=O) groups excluding carboxylic acids is 1. The van der Waals surface area contributed by atoms with Crippen LogP contribution in [0.3, 0.4) is 0 Å². The van der Waals surface area contributed by atoms with Gasteiger partial charge in [-0.3, -0.25) is 19.0 Å². The second-order valence-corrected chi connectivity index (χ2v) is 6.69. The highest BCUT2D eigenvalue weighted by molar-refractivity contribution is 7.99. The number of ether oxygens (including phenoxy) is 1. The van der Waals surface area contributed by atoms with Gasteiger partial charge in [0.15, 0.2) is 5.16 Å². The number of rotatable bonds is 7. The number of nitrogens with zero attached hydrogens (tertiary/aromatic N) is 3. The molecule has 0 unspecified atom stereocenters. The molecule has 2 N–H and O–H groups in total. The van der Waals surface area contributed by atoms with Crippen LogP contribution in [0.15, 0.2) is 16.0 Å². The zero-order valence-electron chi connectivity index (χ0n) is 13.6. The summed E-state index contributed by atoms with van der Waals surface area (Å²) < 4.78 is 7.29. The first kappa shape index (κ1) is 17.0. The highest BCUT2D eigenvalue weighted by Gasteiger charge is 2.17. The third-order valence-corrected chi connectivity index (χ3v) is 4.77. The highest BCUT2D eigenvalue weighted by Crippen LogP contribution is 2.18. The van der Waals surface area contributed by atoms with E-state index in [0.717, 1.165) is 38.0 Å². The number of amides is 1. The molecule has 1 amide bonds. The largest absolute Gasteiger partial charge is 0.376 e. The topological polar surface area (TPSA) is 101 Å². The Labute approximate surface area is 143 Å². The second kappa shape index (κ2) is 7.80. The summed E-state index contributed by atoms with van der Waals surface area (Å²) in [6, 6.07) is 1.56. The van der Waals surface area contributed by atoms with Gasteiger partial charge in [-0.15, -0.1) is 10.2 Å². The van der Waals surface area contributed by atoms with Gasteiger partial charge in [0.2, 0.25) is 11.7 Å². The van der Waals surface area contributed by atoms with Crippen molar-refractivity contribution in [1.29, 1.82) is 0 Å². The molecular formula is C15H21N5O3S. The molecule has 1 fully saturated rings. The SMILES string of the molecule is CCCc1cc(=O)[nH]c2nnc(SCC(=O)NC[C@H]3CCCO3)n12. The number of fused-ring (bicyclic) bond motifs is 1. The van der Waals surface area contributed by atoms with Crippen LogP contribution >= 0.6 is 11.8 Å². The number of aromatic nitrogens is 4. The molecule has 1 aliphatic heterocycles. The van der Waals surface area contributed by atoms with Gasteiger partial charge in [-0.1, -0.05) is 25.1 Å². The lowest BCUT2D eigenvalue weighted by atomic mass is 10.2. The van der Waals surface area contributed by atoms with Gasteiger partial charge in [0, 0.05) is 24.9 Å². The predicted molar refractivity (Wildman–Crippen MR) is 90.3 cm³/mol. The Kier molecular flexibility index (Phi) is 5.52. The molecule has 1 atom stereocenters. The Morgan fingerprint density at radius 2 is 2.42 bits per heavy atom. The van der Waals surface area contributed by atoms with Crippen molar-refractivity contribution < 1.29 is 9.53 Å². The highest BCUT2D eigenvalue weighted by atomic mass is 32.2. The monoisotopic (exact) mass is 351 g/mol. The van der Waals surface area contributed by atoms with Gasteiger partial charge < -0.3 is 10.1 Å². The molecule has 0 bridgehead atoms. The van der Waals surface area contributed by atoms with Crippen molar-refractivity contribution in [2.45, 2.75) is 43.9 Å². The van der Waals surface area contributed by atoms with E-state index in [9.17, 15) is 9.59 Å². The van der Waals surface area contributed by atoms with E-state index in [1.807, 2.05) is 11.3 Å². The minimum Gasteiger partial charge on any atom is -0.376 e. The van der Waals surface area contributed by atoms with Crippen LogP contribution in [-0.2, 0) is 16.0 Å². The number of carbonyl (C=O) groups is 1. The Morgan fingerprint density at radius 1 is 1.54 bits per heavy atom. The number of aryl methyl sites for hydroxylation is 1. The summed E-state index contributed by atoms with van der Waals surface area (Å²) in [5, 5.41) is 11.6. The van der Waals surface area contributed by atoms with Crippen molar-refractivity contribution in [3.63, 3.8) is 0 Å². The van der Waals surface area contributed by atoms with Crippen LogP contribution < -0.4 is 10.9 Å². The van der Waals surface area contributed by atoms with Crippen molar-refractivity contribution in [2.24, 2.45) is 0 Å². The third-order valence-electron chi connectivity index (χ3n) is 3.84. The standard InChI is InChI=1S/C15H21N5O3S/c1-2-4-10-7-12(21)17-14-18-19-15(20(10)14)24-9-13(22)16-8-11-5-3-6-23-11/h7,11H,2-6,8-9H2,1H3,(H,16,22)(H,17,18,21)/t11-/m1/s1. The zero-order valence-corrected chi connectivity index (χ0v) is 14.4. The quantitative estimate of drug-likeness (QED) is 0.714. The van der Waals surface area contributed by atoms with Gasteiger partial charge in [0.05, 0.1) is 11.9 Å². The molecule has 24 heavy (non-hydrogen) atoms. The Morgan fingerprint density at radius 3 is 3.17 bits per heavy atom. The van der Waals surface area contributed by atoms with Crippen LogP contribution in [0.4, 0.5) is 0 Å². The minimum atomic E-state index is -0.191. The Balaban J connectivity index is 1.64. The van der Waals surface area contributed by atoms with Crippen LogP contribution in [0, 0.1) is 0 Å². The van der Waals surface area contributed by atoms with Gasteiger partial charge in [-0.25, -0.2) is 0 Å². The molecule has 130 valence electrons. The summed E-state index contributed by atoms with van der Waals surface area (Å²) in [7, 11) is 0. The summed E-state index contributed by atoms with van der Waals surface area (Å²) in [5.74, 6) is 0.597. The summed E-state index contributed by atoms with van der Waals surface area (Å²) in [6.45, 7) is 3.37. The smallest absolute Gasteiger partial charge is 0.252 e. The molecule has 2 aromatic rings. The van der Waals surface area contributed by atoms with Crippen LogP contribution in [0.5, 0.6) is 0 Å². The normalized spacial score (nSPS) is 17.5. The summed E-state index contributed by atoms with van der Waals surface area (Å²) in [5.41, 5.74) is 0.660. The molecule has 1 saturated heterocycles. The maximum absolute atomic E-state index is 12.0. The lowest BCUT2D eigenvalue weighted by Gasteiger charge is -2.10. The predicted octanol–water partition coefficient (Wildman–Crippen LogP) is 0.757. The van der Waals surface area contributed by atoms with E-state index in [-0.39, 0.29) is 23.3 Å². The average Bonchev–Trinajstić information content (AvgIpc) is 3.20. The summed E-state index contributed by atoms with van der Waals surface area (Å²) in [6.07, 6.45) is 3.84. The molecule has 9 heteroatoms. The Bertz CT molecular complexity index is 766. The fourth-order valence-electron chi connectivity index (χ4n) is 2.72. The number of hydrogen-bond acceptors (Lipinski definition) is 6. The number of aromatic amines is 1. The van der Waals surface area contributed by atoms with E-state index in [1.54, 1.807) is 6.07 Å². The van der Waals surface area contributed by atoms with Crippen molar-refractivity contribution in [2.75, 3.05) is 18.9 Å². The first-order valence-electron chi connectivity index (χ1n) is 8.16. The van der Waals surface area contributed by atoms with Crippen LogP contribution in [0.25, 0.3) is 5.78 Å². The van der Waals surface area contributed by atoms with Gasteiger partial charge in [0.1, 0.15) is 0 Å². The fourth-order valence-corrected chi connectivity index (χ4v) is 3.51. The maximum Gasteiger partial charge on any atom is 0.252 e. The van der Waals surface area contributed by atoms with E-state index < -0.39 is 0 Å². The molecular weight excluding hydrogens is 330 g/mol. The van der Waals surface area contributed by atoms with Gasteiger partial charge >= 0.3 is 0 Å². The second-order valence-electron chi connectivity index (χ2n) is 5.74. The lowest BCUT2D eigenvalue weighted by Crippen LogP contribution is -2.32. The van der Waals surface area contributed by atoms with E-state index in [0.29, 0.717) is 17.5 Å². The molecule has 0 radical (unpaired) electrons. The van der Waals surface area contributed by atoms with Crippen LogP contribution in [0.2, 0.25) is 0 Å². The molecule has 1 aliphatic rings. The summed E-state index contributed by atoms with van der Waals surface area (Å²) >= 11 is 1.31. The summed E-state index contributed by atoms with van der Waals surface area (Å²) in [4.78, 5) is 26.3. The van der Waals surface area contributed by atoms with Crippen molar-refractivity contribution in [1.82, 2.24) is 24.9 Å². The number of thioether (sulfide) groups is 1. The number of nitrogens with one attached hydrogen (secondary N) is 2. The first-order valence-corrected chi connectivity index (χ1v) is 9.14. The molecule has 3 heterocycles. The minimum absolute atomic E-state index is 0.0614. The van der Waals surface area contributed by atoms with E-state index in [2.05, 4.69) is 20.5 Å². The molecule has 0 saturated carbocycles. The van der Waals surface area contributed by atoms with Gasteiger partial charge in [-0.2, -0.15) is 0 Å².